The van der Waals surface area contributed by atoms with Crippen molar-refractivity contribution in [1.82, 2.24) is 4.31 Å². The first kappa shape index (κ1) is 15.8. The van der Waals surface area contributed by atoms with E-state index in [0.29, 0.717) is 19.3 Å². The fraction of sp³-hybridized carbons (Fsp3) is 0.357. The van der Waals surface area contributed by atoms with Crippen molar-refractivity contribution in [2.75, 3.05) is 6.54 Å². The minimum Gasteiger partial charge on any atom is -0.480 e. The number of rotatable bonds is 3. The number of benzene rings is 1. The molecule has 5 nitrogen and oxygen atoms in total. The molecule has 111 valence electrons. The third-order valence-corrected chi connectivity index (χ3v) is 5.64. The first-order chi connectivity index (χ1) is 9.87. The summed E-state index contributed by atoms with van der Waals surface area (Å²) in [7, 11) is -3.92. The van der Waals surface area contributed by atoms with Gasteiger partial charge in [0.2, 0.25) is 10.0 Å². The van der Waals surface area contributed by atoms with Crippen LogP contribution >= 0.6 is 11.6 Å². The minimum absolute atomic E-state index is 0.0698. The Hall–Kier alpha value is -1.55. The van der Waals surface area contributed by atoms with E-state index in [1.807, 2.05) is 0 Å². The average Bonchev–Trinajstić information content (AvgIpc) is 2.47. The zero-order chi connectivity index (χ0) is 15.6. The lowest BCUT2D eigenvalue weighted by molar-refractivity contribution is -0.142. The first-order valence-corrected chi connectivity index (χ1v) is 8.16. The molecule has 1 aromatic rings. The van der Waals surface area contributed by atoms with Gasteiger partial charge >= 0.3 is 5.97 Å². The van der Waals surface area contributed by atoms with Gasteiger partial charge in [-0.2, -0.15) is 4.31 Å². The summed E-state index contributed by atoms with van der Waals surface area (Å²) < 4.78 is 26.2. The molecule has 1 aromatic carbocycles. The number of carboxylic acids is 1. The largest absolute Gasteiger partial charge is 0.480 e. The van der Waals surface area contributed by atoms with E-state index in [9.17, 15) is 18.3 Å². The Morgan fingerprint density at radius 1 is 1.43 bits per heavy atom. The molecule has 21 heavy (non-hydrogen) atoms. The maximum Gasteiger partial charge on any atom is 0.322 e. The number of hydrogen-bond donors (Lipinski definition) is 1. The summed E-state index contributed by atoms with van der Waals surface area (Å²) in [6, 6.07) is 2.87. The molecule has 0 aliphatic carbocycles. The Labute approximate surface area is 128 Å². The molecule has 0 bridgehead atoms. The summed E-state index contributed by atoms with van der Waals surface area (Å²) in [5.41, 5.74) is 0.282. The normalized spacial score (nSPS) is 19.9. The fourth-order valence-electron chi connectivity index (χ4n) is 2.33. The highest BCUT2D eigenvalue weighted by molar-refractivity contribution is 7.89. The number of sulfonamides is 1. The quantitative estimate of drug-likeness (QED) is 0.861. The van der Waals surface area contributed by atoms with Crippen LogP contribution in [-0.4, -0.2) is 36.4 Å². The molecule has 0 unspecified atom stereocenters. The summed E-state index contributed by atoms with van der Waals surface area (Å²) in [6.45, 7) is 0.176. The second kappa shape index (κ2) is 6.06. The van der Waals surface area contributed by atoms with Crippen LogP contribution < -0.4 is 0 Å². The Balaban J connectivity index is 2.43. The number of hydrogen-bond acceptors (Lipinski definition) is 3. The lowest BCUT2D eigenvalue weighted by atomic mass is 10.1. The zero-order valence-electron chi connectivity index (χ0n) is 11.0. The number of carbonyl (C=O) groups is 1. The third kappa shape index (κ3) is 3.05. The molecule has 1 aliphatic heterocycles. The topological polar surface area (TPSA) is 74.7 Å². The van der Waals surface area contributed by atoms with Crippen molar-refractivity contribution in [3.8, 4) is 5.92 Å². The van der Waals surface area contributed by atoms with Crippen LogP contribution in [0.4, 0.5) is 0 Å². The molecule has 1 fully saturated rings. The molecule has 1 heterocycles. The molecule has 2 rings (SSSR count). The first-order valence-electron chi connectivity index (χ1n) is 6.35. The molecule has 1 aliphatic rings. The molecule has 1 radical (unpaired) electrons. The Bertz CT molecular complexity index is 708. The van der Waals surface area contributed by atoms with Gasteiger partial charge in [0, 0.05) is 12.1 Å². The van der Waals surface area contributed by atoms with Gasteiger partial charge in [-0.25, -0.2) is 8.42 Å². The molecule has 7 heteroatoms. The van der Waals surface area contributed by atoms with E-state index in [2.05, 4.69) is 5.92 Å². The van der Waals surface area contributed by atoms with Crippen molar-refractivity contribution in [2.45, 2.75) is 30.2 Å². The average molecular weight is 327 g/mol. The van der Waals surface area contributed by atoms with Gasteiger partial charge < -0.3 is 5.11 Å². The van der Waals surface area contributed by atoms with Crippen LogP contribution in [0.1, 0.15) is 24.8 Å². The third-order valence-electron chi connectivity index (χ3n) is 3.42. The van der Waals surface area contributed by atoms with Crippen molar-refractivity contribution < 1.29 is 18.3 Å². The lowest BCUT2D eigenvalue weighted by Crippen LogP contribution is -2.47. The van der Waals surface area contributed by atoms with Crippen LogP contribution in [0.2, 0.25) is 5.02 Å². The molecule has 1 N–H and O–H groups in total. The number of nitrogens with zero attached hydrogens (tertiary/aromatic N) is 1. The van der Waals surface area contributed by atoms with Crippen molar-refractivity contribution in [2.24, 2.45) is 0 Å². The molecule has 0 amide bonds. The van der Waals surface area contributed by atoms with Crippen LogP contribution in [0.5, 0.6) is 0 Å². The van der Waals surface area contributed by atoms with Crippen LogP contribution in [-0.2, 0) is 14.8 Å². The Morgan fingerprint density at radius 3 is 2.71 bits per heavy atom. The summed E-state index contributed by atoms with van der Waals surface area (Å²) in [4.78, 5) is 11.2. The van der Waals surface area contributed by atoms with Gasteiger partial charge in [-0.1, -0.05) is 17.5 Å². The van der Waals surface area contributed by atoms with E-state index in [0.717, 1.165) is 4.31 Å². The summed E-state index contributed by atoms with van der Waals surface area (Å²) in [6.07, 6.45) is 8.64. The summed E-state index contributed by atoms with van der Waals surface area (Å²) in [5, 5.41) is 9.28. The smallest absolute Gasteiger partial charge is 0.322 e. The summed E-state index contributed by atoms with van der Waals surface area (Å²) in [5.74, 6) is 0.951. The Morgan fingerprint density at radius 2 is 2.14 bits per heavy atom. The maximum atomic E-state index is 12.6. The van der Waals surface area contributed by atoms with Crippen molar-refractivity contribution >= 4 is 27.6 Å². The monoisotopic (exact) mass is 326 g/mol. The van der Waals surface area contributed by atoms with Crippen molar-refractivity contribution in [1.29, 1.82) is 0 Å². The standard InChI is InChI=1S/C14H13ClNO4S/c1-2-10-6-7-11(9-12(10)15)21(19,20)16-8-4-3-5-13(16)14(17)18/h6-7,9,13H,3-5,8H2,(H,17,18)/t13-/m1/s1. The van der Waals surface area contributed by atoms with Gasteiger partial charge in [-0.15, -0.1) is 0 Å². The fourth-order valence-corrected chi connectivity index (χ4v) is 4.30. The summed E-state index contributed by atoms with van der Waals surface area (Å²) >= 11 is 5.89. The van der Waals surface area contributed by atoms with Gasteiger partial charge in [0.1, 0.15) is 6.04 Å². The van der Waals surface area contributed by atoms with Crippen LogP contribution in [0, 0.1) is 12.3 Å². The van der Waals surface area contributed by atoms with E-state index in [4.69, 9.17) is 18.0 Å². The Kier molecular flexibility index (Phi) is 4.57. The van der Waals surface area contributed by atoms with Crippen molar-refractivity contribution in [3.63, 3.8) is 0 Å². The molecule has 1 saturated heterocycles. The van der Waals surface area contributed by atoms with Gasteiger partial charge in [-0.05, 0) is 43.9 Å². The van der Waals surface area contributed by atoms with Gasteiger partial charge in [0.25, 0.3) is 0 Å². The van der Waals surface area contributed by atoms with E-state index < -0.39 is 22.0 Å². The van der Waals surface area contributed by atoms with Crippen LogP contribution in [0.3, 0.4) is 0 Å². The molecular formula is C14H13ClNO4S. The predicted molar refractivity (Wildman–Crippen MR) is 76.9 cm³/mol. The van der Waals surface area contributed by atoms with Crippen molar-refractivity contribution in [3.05, 3.63) is 35.2 Å². The highest BCUT2D eigenvalue weighted by Gasteiger charge is 2.37. The molecular weight excluding hydrogens is 314 g/mol. The van der Waals surface area contributed by atoms with Crippen LogP contribution in [0.15, 0.2) is 23.1 Å². The molecule has 0 saturated carbocycles. The van der Waals surface area contributed by atoms with E-state index >= 15 is 0 Å². The SMILES string of the molecule is [C]#Cc1ccc(S(=O)(=O)N2CCCC[C@@H]2C(=O)O)cc1Cl. The molecule has 0 aromatic heterocycles. The number of piperidine rings is 1. The second-order valence-corrected chi connectivity index (χ2v) is 7.03. The number of aliphatic carboxylic acids is 1. The molecule has 1 atom stereocenters. The highest BCUT2D eigenvalue weighted by Crippen LogP contribution is 2.28. The predicted octanol–water partition coefficient (Wildman–Crippen LogP) is 1.91. The minimum atomic E-state index is -3.92. The van der Waals surface area contributed by atoms with Gasteiger partial charge in [0.15, 0.2) is 0 Å². The zero-order valence-corrected chi connectivity index (χ0v) is 12.6. The number of halogens is 1. The van der Waals surface area contributed by atoms with E-state index in [-0.39, 0.29) is 22.0 Å². The van der Waals surface area contributed by atoms with Gasteiger partial charge in [-0.3, -0.25) is 4.79 Å². The lowest BCUT2D eigenvalue weighted by Gasteiger charge is -2.31. The molecule has 0 spiro atoms. The van der Waals surface area contributed by atoms with Crippen LogP contribution in [0.25, 0.3) is 0 Å². The second-order valence-electron chi connectivity index (χ2n) is 4.73. The maximum absolute atomic E-state index is 12.6. The van der Waals surface area contributed by atoms with E-state index in [1.165, 1.54) is 18.2 Å². The highest BCUT2D eigenvalue weighted by atomic mass is 35.5. The number of carboxylic acid groups (broad SMARTS) is 1. The van der Waals surface area contributed by atoms with E-state index in [1.54, 1.807) is 0 Å². The van der Waals surface area contributed by atoms with Gasteiger partial charge in [0.05, 0.1) is 9.92 Å².